The number of hydrogen-bond donors (Lipinski definition) is 0. The van der Waals surface area contributed by atoms with Gasteiger partial charge in [0, 0.05) is 12.2 Å². The zero-order valence-electron chi connectivity index (χ0n) is 10.5. The van der Waals surface area contributed by atoms with Crippen LogP contribution in [0.3, 0.4) is 0 Å². The van der Waals surface area contributed by atoms with Crippen molar-refractivity contribution in [2.75, 3.05) is 18.1 Å². The Morgan fingerprint density at radius 2 is 2.06 bits per heavy atom. The summed E-state index contributed by atoms with van der Waals surface area (Å²) in [5.74, 6) is 1.30. The van der Waals surface area contributed by atoms with E-state index in [1.165, 1.54) is 11.3 Å². The molecule has 1 aliphatic rings. The Hall–Kier alpha value is -1.25. The van der Waals surface area contributed by atoms with Gasteiger partial charge in [-0.1, -0.05) is 13.8 Å². The molecule has 2 heterocycles. The highest BCUT2D eigenvalue weighted by molar-refractivity contribution is 5.63. The van der Waals surface area contributed by atoms with Crippen molar-refractivity contribution in [1.82, 2.24) is 4.98 Å². The lowest BCUT2D eigenvalue weighted by molar-refractivity contribution is 0.290. The van der Waals surface area contributed by atoms with Crippen molar-refractivity contribution in [1.29, 1.82) is 0 Å². The lowest BCUT2D eigenvalue weighted by Gasteiger charge is -2.35. The van der Waals surface area contributed by atoms with Crippen LogP contribution in [0.4, 0.5) is 5.69 Å². The van der Waals surface area contributed by atoms with Gasteiger partial charge in [-0.15, -0.1) is 0 Å². The van der Waals surface area contributed by atoms with Gasteiger partial charge in [-0.2, -0.15) is 0 Å². The van der Waals surface area contributed by atoms with Gasteiger partial charge in [0.25, 0.3) is 0 Å². The normalized spacial score (nSPS) is 15.2. The summed E-state index contributed by atoms with van der Waals surface area (Å²) in [6.45, 7) is 10.5. The molecule has 2 rings (SSSR count). The van der Waals surface area contributed by atoms with Crippen LogP contribution in [0, 0.1) is 0 Å². The molecule has 1 aromatic heterocycles. The molecule has 0 atom stereocenters. The maximum atomic E-state index is 5.64. The average Bonchev–Trinajstić information content (AvgIpc) is 2.27. The van der Waals surface area contributed by atoms with E-state index >= 15 is 0 Å². The van der Waals surface area contributed by atoms with Crippen LogP contribution in [-0.4, -0.2) is 24.2 Å². The molecule has 0 aromatic carbocycles. The number of aromatic nitrogens is 1. The van der Waals surface area contributed by atoms with E-state index in [4.69, 9.17) is 4.74 Å². The summed E-state index contributed by atoms with van der Waals surface area (Å²) in [5.41, 5.74) is 2.53. The molecule has 0 unspecified atom stereocenters. The molecular formula is C13H20N2O. The van der Waals surface area contributed by atoms with Gasteiger partial charge in [0.15, 0.2) is 0 Å². The minimum atomic E-state index is 0.490. The van der Waals surface area contributed by atoms with E-state index in [0.717, 1.165) is 19.0 Å². The fourth-order valence-corrected chi connectivity index (χ4v) is 2.18. The van der Waals surface area contributed by atoms with Crippen molar-refractivity contribution in [2.24, 2.45) is 0 Å². The summed E-state index contributed by atoms with van der Waals surface area (Å²) in [7, 11) is 0. The molecule has 16 heavy (non-hydrogen) atoms. The fraction of sp³-hybridized carbons (Fsp3) is 0.615. The van der Waals surface area contributed by atoms with Crippen LogP contribution in [0.2, 0.25) is 0 Å². The lowest BCUT2D eigenvalue weighted by Crippen LogP contribution is -2.39. The third-order valence-electron chi connectivity index (χ3n) is 3.03. The zero-order valence-corrected chi connectivity index (χ0v) is 10.5. The summed E-state index contributed by atoms with van der Waals surface area (Å²) in [4.78, 5) is 6.72. The Labute approximate surface area is 97.4 Å². The van der Waals surface area contributed by atoms with E-state index in [-0.39, 0.29) is 0 Å². The van der Waals surface area contributed by atoms with Crippen molar-refractivity contribution >= 4 is 5.69 Å². The molecule has 0 saturated carbocycles. The average molecular weight is 220 g/mol. The largest absolute Gasteiger partial charge is 0.474 e. The highest BCUT2D eigenvalue weighted by atomic mass is 16.5. The van der Waals surface area contributed by atoms with E-state index in [0.29, 0.717) is 12.0 Å². The van der Waals surface area contributed by atoms with Crippen molar-refractivity contribution < 1.29 is 4.74 Å². The van der Waals surface area contributed by atoms with Crippen molar-refractivity contribution in [3.63, 3.8) is 0 Å². The minimum absolute atomic E-state index is 0.490. The highest BCUT2D eigenvalue weighted by Crippen LogP contribution is 2.37. The summed E-state index contributed by atoms with van der Waals surface area (Å²) < 4.78 is 5.64. The highest BCUT2D eigenvalue weighted by Gasteiger charge is 2.25. The van der Waals surface area contributed by atoms with Crippen molar-refractivity contribution in [3.05, 3.63) is 17.8 Å². The van der Waals surface area contributed by atoms with Crippen LogP contribution in [0.5, 0.6) is 5.88 Å². The summed E-state index contributed by atoms with van der Waals surface area (Å²) in [5, 5.41) is 0. The Kier molecular flexibility index (Phi) is 3.03. The predicted octanol–water partition coefficient (Wildman–Crippen LogP) is 2.81. The van der Waals surface area contributed by atoms with Crippen LogP contribution in [0.1, 0.15) is 39.2 Å². The van der Waals surface area contributed by atoms with Gasteiger partial charge >= 0.3 is 0 Å². The third-order valence-corrected chi connectivity index (χ3v) is 3.03. The monoisotopic (exact) mass is 220 g/mol. The molecular weight excluding hydrogens is 200 g/mol. The van der Waals surface area contributed by atoms with Crippen LogP contribution in [-0.2, 0) is 0 Å². The number of ether oxygens (including phenoxy) is 1. The van der Waals surface area contributed by atoms with E-state index in [1.54, 1.807) is 0 Å². The maximum absolute atomic E-state index is 5.64. The minimum Gasteiger partial charge on any atom is -0.474 e. The van der Waals surface area contributed by atoms with Gasteiger partial charge in [-0.05, 0) is 31.4 Å². The van der Waals surface area contributed by atoms with Gasteiger partial charge in [-0.25, -0.2) is 4.98 Å². The van der Waals surface area contributed by atoms with Crippen LogP contribution in [0.25, 0.3) is 0 Å². The molecule has 0 radical (unpaired) electrons. The molecule has 3 nitrogen and oxygen atoms in total. The molecule has 0 bridgehead atoms. The quantitative estimate of drug-likeness (QED) is 0.766. The van der Waals surface area contributed by atoms with Gasteiger partial charge < -0.3 is 9.64 Å². The second-order valence-corrected chi connectivity index (χ2v) is 4.84. The Bertz CT molecular complexity index is 374. The number of fused-ring (bicyclic) bond motifs is 1. The topological polar surface area (TPSA) is 25.4 Å². The molecule has 0 amide bonds. The smallest absolute Gasteiger partial charge is 0.237 e. The maximum Gasteiger partial charge on any atom is 0.237 e. The fourth-order valence-electron chi connectivity index (χ4n) is 2.18. The Morgan fingerprint density at radius 3 is 2.69 bits per heavy atom. The Morgan fingerprint density at radius 1 is 1.31 bits per heavy atom. The first-order valence-electron chi connectivity index (χ1n) is 5.99. The molecule has 0 aliphatic carbocycles. The summed E-state index contributed by atoms with van der Waals surface area (Å²) in [6, 6.07) is 2.59. The van der Waals surface area contributed by atoms with E-state index in [9.17, 15) is 0 Å². The summed E-state index contributed by atoms with van der Waals surface area (Å²) >= 11 is 0. The molecule has 0 saturated heterocycles. The SMILES string of the molecule is CC(C)c1ccnc2c1N(C(C)C)CCO2. The molecule has 1 aliphatic heterocycles. The van der Waals surface area contributed by atoms with Gasteiger partial charge in [-0.3, -0.25) is 0 Å². The molecule has 0 N–H and O–H groups in total. The van der Waals surface area contributed by atoms with E-state index in [1.807, 2.05) is 6.20 Å². The second kappa shape index (κ2) is 4.32. The van der Waals surface area contributed by atoms with E-state index in [2.05, 4.69) is 43.6 Å². The van der Waals surface area contributed by atoms with Gasteiger partial charge in [0.1, 0.15) is 12.3 Å². The van der Waals surface area contributed by atoms with Gasteiger partial charge in [0.05, 0.1) is 6.54 Å². The Balaban J connectivity index is 2.51. The summed E-state index contributed by atoms with van der Waals surface area (Å²) in [6.07, 6.45) is 1.85. The van der Waals surface area contributed by atoms with Crippen molar-refractivity contribution in [2.45, 2.75) is 39.7 Å². The van der Waals surface area contributed by atoms with Crippen LogP contribution >= 0.6 is 0 Å². The van der Waals surface area contributed by atoms with Crippen LogP contribution in [0.15, 0.2) is 12.3 Å². The predicted molar refractivity (Wildman–Crippen MR) is 66.3 cm³/mol. The third kappa shape index (κ3) is 1.86. The number of rotatable bonds is 2. The lowest BCUT2D eigenvalue weighted by atomic mass is 10.0. The molecule has 1 aromatic rings. The first-order chi connectivity index (χ1) is 7.61. The molecule has 0 spiro atoms. The van der Waals surface area contributed by atoms with Crippen LogP contribution < -0.4 is 9.64 Å². The molecule has 3 heteroatoms. The molecule has 88 valence electrons. The number of nitrogens with zero attached hydrogens (tertiary/aromatic N) is 2. The standard InChI is InChI=1S/C13H20N2O/c1-9(2)11-5-6-14-13-12(11)15(10(3)4)7-8-16-13/h5-6,9-10H,7-8H2,1-4H3. The first-order valence-corrected chi connectivity index (χ1v) is 5.99. The van der Waals surface area contributed by atoms with Gasteiger partial charge in [0.2, 0.25) is 5.88 Å². The number of anilines is 1. The van der Waals surface area contributed by atoms with Crippen molar-refractivity contribution in [3.8, 4) is 5.88 Å². The van der Waals surface area contributed by atoms with E-state index < -0.39 is 0 Å². The molecule has 0 fully saturated rings. The first kappa shape index (κ1) is 11.2. The number of pyridine rings is 1. The number of hydrogen-bond acceptors (Lipinski definition) is 3. The zero-order chi connectivity index (χ0) is 11.7. The second-order valence-electron chi connectivity index (χ2n) is 4.84.